The summed E-state index contributed by atoms with van der Waals surface area (Å²) in [6.07, 6.45) is 8.30. The van der Waals surface area contributed by atoms with Gasteiger partial charge in [0.2, 0.25) is 0 Å². The number of hydrogen-bond acceptors (Lipinski definition) is 1. The van der Waals surface area contributed by atoms with E-state index in [9.17, 15) is 0 Å². The van der Waals surface area contributed by atoms with Gasteiger partial charge in [0.1, 0.15) is 6.61 Å². The van der Waals surface area contributed by atoms with E-state index in [2.05, 4.69) is 42.5 Å². The second-order valence-electron chi connectivity index (χ2n) is 4.25. The van der Waals surface area contributed by atoms with Crippen LogP contribution in [-0.4, -0.2) is 0 Å². The van der Waals surface area contributed by atoms with Crippen LogP contribution in [0.4, 0.5) is 0 Å². The molecular weight excluding hydrogens is 196 g/mol. The Balaban J connectivity index is 2.26. The fraction of sp³-hybridized carbons (Fsp3) is 0.0667. The number of benzene rings is 2. The summed E-state index contributed by atoms with van der Waals surface area (Å²) in [5, 5.41) is 5.19. The van der Waals surface area contributed by atoms with E-state index < -0.39 is 0 Å². The van der Waals surface area contributed by atoms with Gasteiger partial charge in [-0.25, -0.2) is 0 Å². The lowest BCUT2D eigenvalue weighted by Gasteiger charge is -2.05. The van der Waals surface area contributed by atoms with E-state index in [4.69, 9.17) is 4.74 Å². The molecule has 0 unspecified atom stereocenters. The lowest BCUT2D eigenvalue weighted by molar-refractivity contribution is 0.298. The van der Waals surface area contributed by atoms with Crippen molar-refractivity contribution in [2.75, 3.05) is 0 Å². The highest BCUT2D eigenvalue weighted by Gasteiger charge is 2.11. The van der Waals surface area contributed by atoms with Crippen molar-refractivity contribution in [1.82, 2.24) is 0 Å². The monoisotopic (exact) mass is 206 g/mol. The molecule has 0 amide bonds. The molecule has 1 heteroatoms. The van der Waals surface area contributed by atoms with Crippen LogP contribution in [0.5, 0.6) is 0 Å². The van der Waals surface area contributed by atoms with Crippen molar-refractivity contribution >= 4 is 29.2 Å². The minimum Gasteiger partial charge on any atom is -0.496 e. The zero-order chi connectivity index (χ0) is 10.5. The van der Waals surface area contributed by atoms with Crippen molar-refractivity contribution in [3.8, 4) is 0 Å². The van der Waals surface area contributed by atoms with E-state index in [-0.39, 0.29) is 0 Å². The molecule has 0 radical (unpaired) electrons. The second kappa shape index (κ2) is 2.76. The van der Waals surface area contributed by atoms with Crippen LogP contribution < -0.4 is 10.4 Å². The Morgan fingerprint density at radius 3 is 2.81 bits per heavy atom. The molecular formula is C15H10O. The molecule has 1 aliphatic carbocycles. The minimum atomic E-state index is 0.707. The van der Waals surface area contributed by atoms with Crippen molar-refractivity contribution in [2.45, 2.75) is 6.61 Å². The molecule has 1 nitrogen and oxygen atoms in total. The second-order valence-corrected chi connectivity index (χ2v) is 4.25. The first-order valence-corrected chi connectivity index (χ1v) is 5.48. The largest absolute Gasteiger partial charge is 0.496 e. The predicted molar refractivity (Wildman–Crippen MR) is 66.0 cm³/mol. The molecule has 0 aromatic heterocycles. The van der Waals surface area contributed by atoms with Gasteiger partial charge in [0.05, 0.1) is 6.26 Å². The van der Waals surface area contributed by atoms with Crippen LogP contribution in [0.1, 0.15) is 11.1 Å². The molecule has 2 aromatic carbocycles. The molecule has 76 valence electrons. The quantitative estimate of drug-likeness (QED) is 0.640. The van der Waals surface area contributed by atoms with Gasteiger partial charge in [0.15, 0.2) is 0 Å². The lowest BCUT2D eigenvalue weighted by Crippen LogP contribution is -2.07. The van der Waals surface area contributed by atoms with Crippen molar-refractivity contribution in [1.29, 1.82) is 0 Å². The van der Waals surface area contributed by atoms with Crippen LogP contribution >= 0.6 is 0 Å². The SMILES string of the molecule is C1=Cc2c(ccc3c4c(ccc23)=COC4)=C1. The number of fused-ring (bicyclic) bond motifs is 5. The van der Waals surface area contributed by atoms with Crippen LogP contribution in [0.15, 0.2) is 30.3 Å². The third-order valence-corrected chi connectivity index (χ3v) is 3.40. The Kier molecular flexibility index (Phi) is 1.41. The molecule has 1 aliphatic heterocycles. The number of ether oxygens (including phenoxy) is 1. The first-order chi connectivity index (χ1) is 7.93. The van der Waals surface area contributed by atoms with Gasteiger partial charge in [-0.15, -0.1) is 0 Å². The smallest absolute Gasteiger partial charge is 0.114 e. The third-order valence-electron chi connectivity index (χ3n) is 3.40. The van der Waals surface area contributed by atoms with E-state index in [1.807, 2.05) is 6.26 Å². The number of allylic oxidation sites excluding steroid dienone is 1. The summed E-state index contributed by atoms with van der Waals surface area (Å²) in [6.45, 7) is 0.707. The topological polar surface area (TPSA) is 9.23 Å². The number of rotatable bonds is 0. The summed E-state index contributed by atoms with van der Waals surface area (Å²) in [7, 11) is 0. The maximum atomic E-state index is 5.39. The Labute approximate surface area is 93.0 Å². The van der Waals surface area contributed by atoms with Crippen LogP contribution in [-0.2, 0) is 11.3 Å². The van der Waals surface area contributed by atoms with Gasteiger partial charge in [0, 0.05) is 10.8 Å². The summed E-state index contributed by atoms with van der Waals surface area (Å²) < 4.78 is 5.39. The van der Waals surface area contributed by atoms with Crippen molar-refractivity contribution in [3.63, 3.8) is 0 Å². The molecule has 2 aliphatic rings. The van der Waals surface area contributed by atoms with E-state index in [1.54, 1.807) is 0 Å². The lowest BCUT2D eigenvalue weighted by atomic mass is 9.99. The zero-order valence-electron chi connectivity index (χ0n) is 8.73. The molecule has 0 atom stereocenters. The van der Waals surface area contributed by atoms with E-state index in [1.165, 1.54) is 32.3 Å². The summed E-state index contributed by atoms with van der Waals surface area (Å²) in [6, 6.07) is 8.74. The van der Waals surface area contributed by atoms with E-state index >= 15 is 0 Å². The molecule has 16 heavy (non-hydrogen) atoms. The number of hydrogen-bond donors (Lipinski definition) is 0. The maximum Gasteiger partial charge on any atom is 0.114 e. The van der Waals surface area contributed by atoms with Crippen LogP contribution in [0, 0.1) is 0 Å². The Morgan fingerprint density at radius 1 is 0.938 bits per heavy atom. The van der Waals surface area contributed by atoms with Gasteiger partial charge < -0.3 is 4.74 Å². The van der Waals surface area contributed by atoms with Crippen molar-refractivity contribution < 1.29 is 4.74 Å². The maximum absolute atomic E-state index is 5.39. The molecule has 4 rings (SSSR count). The molecule has 0 saturated heterocycles. The fourth-order valence-electron chi connectivity index (χ4n) is 2.59. The van der Waals surface area contributed by atoms with Crippen LogP contribution in [0.25, 0.3) is 29.2 Å². The highest BCUT2D eigenvalue weighted by Crippen LogP contribution is 2.22. The van der Waals surface area contributed by atoms with Gasteiger partial charge in [-0.3, -0.25) is 0 Å². The summed E-state index contributed by atoms with van der Waals surface area (Å²) >= 11 is 0. The molecule has 0 bridgehead atoms. The average Bonchev–Trinajstić information content (AvgIpc) is 2.96. The van der Waals surface area contributed by atoms with E-state index in [0.29, 0.717) is 6.61 Å². The fourth-order valence-corrected chi connectivity index (χ4v) is 2.59. The predicted octanol–water partition coefficient (Wildman–Crippen LogP) is 1.92. The van der Waals surface area contributed by atoms with Gasteiger partial charge in [-0.1, -0.05) is 42.5 Å². The molecule has 1 heterocycles. The summed E-state index contributed by atoms with van der Waals surface area (Å²) in [5.41, 5.74) is 2.66. The Bertz CT molecular complexity index is 751. The van der Waals surface area contributed by atoms with Crippen LogP contribution in [0.3, 0.4) is 0 Å². The molecule has 0 saturated carbocycles. The first kappa shape index (κ1) is 8.17. The summed E-state index contributed by atoms with van der Waals surface area (Å²) in [5.74, 6) is 0. The standard InChI is InChI=1S/C15H10O/c1-2-10-4-6-14-13(12(10)3-1)7-5-11-8-16-9-15(11)14/h1-8H,9H2. The first-order valence-electron chi connectivity index (χ1n) is 5.48. The third kappa shape index (κ3) is 0.904. The van der Waals surface area contributed by atoms with Crippen molar-refractivity contribution in [2.24, 2.45) is 0 Å². The summed E-state index contributed by atoms with van der Waals surface area (Å²) in [4.78, 5) is 0. The zero-order valence-corrected chi connectivity index (χ0v) is 8.73. The molecule has 0 spiro atoms. The van der Waals surface area contributed by atoms with Crippen LogP contribution in [0.2, 0.25) is 0 Å². The Hall–Kier alpha value is -2.02. The normalized spacial score (nSPS) is 15.2. The molecule has 2 aromatic rings. The highest BCUT2D eigenvalue weighted by molar-refractivity contribution is 5.95. The average molecular weight is 206 g/mol. The van der Waals surface area contributed by atoms with E-state index in [0.717, 1.165) is 0 Å². The minimum absolute atomic E-state index is 0.707. The van der Waals surface area contributed by atoms with Gasteiger partial charge >= 0.3 is 0 Å². The van der Waals surface area contributed by atoms with Gasteiger partial charge in [-0.05, 0) is 21.6 Å². The molecule has 0 N–H and O–H groups in total. The van der Waals surface area contributed by atoms with Gasteiger partial charge in [-0.2, -0.15) is 0 Å². The van der Waals surface area contributed by atoms with Gasteiger partial charge in [0.25, 0.3) is 0 Å². The Morgan fingerprint density at radius 2 is 1.81 bits per heavy atom. The molecule has 0 fully saturated rings. The van der Waals surface area contributed by atoms with Crippen molar-refractivity contribution in [3.05, 3.63) is 51.9 Å². The highest BCUT2D eigenvalue weighted by atomic mass is 16.5.